The SMILES string of the molecule is COc1ccc(NC(=O)c2cccc(OCC3CN(c4cccc(C(=N)N)c4)C(=O)O3)c2)cc1. The van der Waals surface area contributed by atoms with Gasteiger partial charge in [-0.1, -0.05) is 18.2 Å². The van der Waals surface area contributed by atoms with Crippen molar-refractivity contribution in [3.63, 3.8) is 0 Å². The molecule has 3 aromatic rings. The number of amides is 2. The molecule has 0 radical (unpaired) electrons. The summed E-state index contributed by atoms with van der Waals surface area (Å²) in [4.78, 5) is 26.4. The maximum absolute atomic E-state index is 12.6. The highest BCUT2D eigenvalue weighted by molar-refractivity contribution is 6.04. The molecule has 34 heavy (non-hydrogen) atoms. The van der Waals surface area contributed by atoms with Gasteiger partial charge in [0.2, 0.25) is 0 Å². The summed E-state index contributed by atoms with van der Waals surface area (Å²) in [6, 6.07) is 20.6. The van der Waals surface area contributed by atoms with Crippen LogP contribution in [0.4, 0.5) is 16.2 Å². The lowest BCUT2D eigenvalue weighted by molar-refractivity contribution is 0.102. The molecule has 0 aliphatic carbocycles. The molecule has 1 heterocycles. The number of rotatable bonds is 8. The molecule has 0 saturated carbocycles. The van der Waals surface area contributed by atoms with Crippen LogP contribution >= 0.6 is 0 Å². The Morgan fingerprint density at radius 3 is 2.56 bits per heavy atom. The van der Waals surface area contributed by atoms with E-state index in [0.29, 0.717) is 34.0 Å². The minimum absolute atomic E-state index is 0.0785. The average molecular weight is 460 g/mol. The topological polar surface area (TPSA) is 127 Å². The van der Waals surface area contributed by atoms with Crippen molar-refractivity contribution >= 4 is 29.2 Å². The molecule has 1 atom stereocenters. The second-order valence-electron chi connectivity index (χ2n) is 7.60. The van der Waals surface area contributed by atoms with E-state index < -0.39 is 12.2 Å². The first-order valence-electron chi connectivity index (χ1n) is 10.5. The van der Waals surface area contributed by atoms with Crippen LogP contribution in [0.25, 0.3) is 0 Å². The third-order valence-corrected chi connectivity index (χ3v) is 5.22. The summed E-state index contributed by atoms with van der Waals surface area (Å²) in [6.45, 7) is 0.413. The van der Waals surface area contributed by atoms with Gasteiger partial charge in [-0.25, -0.2) is 4.79 Å². The van der Waals surface area contributed by atoms with Crippen LogP contribution in [0, 0.1) is 5.41 Å². The summed E-state index contributed by atoms with van der Waals surface area (Å²) < 4.78 is 16.3. The molecule has 0 bridgehead atoms. The standard InChI is InChI=1S/C25H24N4O5/c1-32-20-10-8-18(9-11-20)28-24(30)17-5-3-7-21(13-17)33-15-22-14-29(25(31)34-22)19-6-2-4-16(12-19)23(26)27/h2-13,22H,14-15H2,1H3,(H3,26,27)(H,28,30). The Kier molecular flexibility index (Phi) is 6.63. The van der Waals surface area contributed by atoms with Crippen LogP contribution in [0.15, 0.2) is 72.8 Å². The number of hydrogen-bond donors (Lipinski definition) is 3. The van der Waals surface area contributed by atoms with Crippen molar-refractivity contribution in [1.82, 2.24) is 0 Å². The highest BCUT2D eigenvalue weighted by Crippen LogP contribution is 2.24. The van der Waals surface area contributed by atoms with Gasteiger partial charge in [0, 0.05) is 22.5 Å². The summed E-state index contributed by atoms with van der Waals surface area (Å²) in [7, 11) is 1.58. The van der Waals surface area contributed by atoms with Crippen molar-refractivity contribution in [2.45, 2.75) is 6.10 Å². The molecule has 174 valence electrons. The maximum Gasteiger partial charge on any atom is 0.414 e. The number of nitrogens with one attached hydrogen (secondary N) is 2. The minimum Gasteiger partial charge on any atom is -0.497 e. The average Bonchev–Trinajstić information content (AvgIpc) is 3.24. The molecule has 1 fully saturated rings. The second kappa shape index (κ2) is 9.95. The Hall–Kier alpha value is -4.53. The first-order valence-corrected chi connectivity index (χ1v) is 10.5. The fourth-order valence-corrected chi connectivity index (χ4v) is 3.45. The van der Waals surface area contributed by atoms with Gasteiger partial charge < -0.3 is 25.3 Å². The molecule has 9 heteroatoms. The Bertz CT molecular complexity index is 1210. The number of nitrogens with zero attached hydrogens (tertiary/aromatic N) is 1. The lowest BCUT2D eigenvalue weighted by Gasteiger charge is -2.14. The molecule has 1 aliphatic heterocycles. The molecular formula is C25H24N4O5. The minimum atomic E-state index is -0.498. The fraction of sp³-hybridized carbons (Fsp3) is 0.160. The lowest BCUT2D eigenvalue weighted by atomic mass is 10.1. The first kappa shape index (κ1) is 22.7. The van der Waals surface area contributed by atoms with Crippen LogP contribution in [0.3, 0.4) is 0 Å². The number of nitrogens with two attached hydrogens (primary N) is 1. The van der Waals surface area contributed by atoms with Gasteiger partial charge in [0.1, 0.15) is 23.9 Å². The van der Waals surface area contributed by atoms with Crippen LogP contribution in [-0.2, 0) is 4.74 Å². The molecule has 1 unspecified atom stereocenters. The Morgan fingerprint density at radius 1 is 1.09 bits per heavy atom. The predicted molar refractivity (Wildman–Crippen MR) is 128 cm³/mol. The Labute approximate surface area is 196 Å². The quantitative estimate of drug-likeness (QED) is 0.348. The fourth-order valence-electron chi connectivity index (χ4n) is 3.45. The van der Waals surface area contributed by atoms with E-state index in [9.17, 15) is 9.59 Å². The summed E-state index contributed by atoms with van der Waals surface area (Å²) in [5.74, 6) is 0.825. The van der Waals surface area contributed by atoms with Crippen molar-refractivity contribution in [2.24, 2.45) is 5.73 Å². The van der Waals surface area contributed by atoms with Gasteiger partial charge in [-0.2, -0.15) is 0 Å². The molecule has 4 rings (SSSR count). The summed E-state index contributed by atoms with van der Waals surface area (Å²) in [6.07, 6.45) is -0.993. The number of benzene rings is 3. The monoisotopic (exact) mass is 460 g/mol. The number of nitrogen functional groups attached to an aromatic ring is 1. The zero-order valence-corrected chi connectivity index (χ0v) is 18.5. The van der Waals surface area contributed by atoms with Gasteiger partial charge in [0.15, 0.2) is 6.10 Å². The van der Waals surface area contributed by atoms with Crippen LogP contribution in [0.1, 0.15) is 15.9 Å². The van der Waals surface area contributed by atoms with E-state index in [1.807, 2.05) is 0 Å². The number of carbonyl (C=O) groups excluding carboxylic acids is 2. The van der Waals surface area contributed by atoms with Crippen molar-refractivity contribution < 1.29 is 23.8 Å². The number of ether oxygens (including phenoxy) is 3. The van der Waals surface area contributed by atoms with Crippen LogP contribution < -0.4 is 25.4 Å². The molecule has 0 aromatic heterocycles. The van der Waals surface area contributed by atoms with E-state index in [4.69, 9.17) is 25.4 Å². The molecule has 1 aliphatic rings. The highest BCUT2D eigenvalue weighted by Gasteiger charge is 2.33. The Balaban J connectivity index is 1.35. The molecule has 9 nitrogen and oxygen atoms in total. The number of cyclic esters (lactones) is 1. The lowest BCUT2D eigenvalue weighted by Crippen LogP contribution is -2.27. The molecule has 2 amide bonds. The van der Waals surface area contributed by atoms with Gasteiger partial charge in [-0.3, -0.25) is 15.1 Å². The predicted octanol–water partition coefficient (Wildman–Crippen LogP) is 3.64. The normalized spacial score (nSPS) is 14.9. The number of hydrogen-bond acceptors (Lipinski definition) is 6. The first-order chi connectivity index (χ1) is 16.4. The molecule has 0 spiro atoms. The van der Waals surface area contributed by atoms with Crippen LogP contribution in [0.5, 0.6) is 11.5 Å². The largest absolute Gasteiger partial charge is 0.497 e. The third kappa shape index (κ3) is 5.26. The zero-order valence-electron chi connectivity index (χ0n) is 18.5. The number of anilines is 2. The number of methoxy groups -OCH3 is 1. The molecule has 3 aromatic carbocycles. The van der Waals surface area contributed by atoms with Gasteiger partial charge in [0.05, 0.1) is 13.7 Å². The molecule has 4 N–H and O–H groups in total. The van der Waals surface area contributed by atoms with Gasteiger partial charge >= 0.3 is 6.09 Å². The van der Waals surface area contributed by atoms with Crippen molar-refractivity contribution in [2.75, 3.05) is 30.5 Å². The molecule has 1 saturated heterocycles. The third-order valence-electron chi connectivity index (χ3n) is 5.22. The van der Waals surface area contributed by atoms with Crippen LogP contribution in [0.2, 0.25) is 0 Å². The van der Waals surface area contributed by atoms with Gasteiger partial charge in [-0.15, -0.1) is 0 Å². The number of amidine groups is 1. The number of carbonyl (C=O) groups is 2. The van der Waals surface area contributed by atoms with E-state index in [0.717, 1.165) is 0 Å². The summed E-state index contributed by atoms with van der Waals surface area (Å²) in [5, 5.41) is 10.4. The Morgan fingerprint density at radius 2 is 1.82 bits per heavy atom. The highest BCUT2D eigenvalue weighted by atomic mass is 16.6. The van der Waals surface area contributed by atoms with E-state index in [1.165, 1.54) is 4.90 Å². The van der Waals surface area contributed by atoms with E-state index in [2.05, 4.69) is 5.32 Å². The van der Waals surface area contributed by atoms with E-state index in [-0.39, 0.29) is 24.9 Å². The summed E-state index contributed by atoms with van der Waals surface area (Å²) in [5.41, 5.74) is 7.73. The van der Waals surface area contributed by atoms with Crippen molar-refractivity contribution in [1.29, 1.82) is 5.41 Å². The second-order valence-corrected chi connectivity index (χ2v) is 7.60. The summed E-state index contributed by atoms with van der Waals surface area (Å²) >= 11 is 0. The zero-order chi connectivity index (χ0) is 24.1. The van der Waals surface area contributed by atoms with Crippen molar-refractivity contribution in [3.8, 4) is 11.5 Å². The van der Waals surface area contributed by atoms with Crippen LogP contribution in [-0.4, -0.2) is 44.2 Å². The van der Waals surface area contributed by atoms with E-state index >= 15 is 0 Å². The smallest absolute Gasteiger partial charge is 0.414 e. The van der Waals surface area contributed by atoms with Gasteiger partial charge in [-0.05, 0) is 54.6 Å². The van der Waals surface area contributed by atoms with E-state index in [1.54, 1.807) is 79.9 Å². The maximum atomic E-state index is 12.6. The molecular weight excluding hydrogens is 436 g/mol. The van der Waals surface area contributed by atoms with Crippen molar-refractivity contribution in [3.05, 3.63) is 83.9 Å². The van der Waals surface area contributed by atoms with Gasteiger partial charge in [0.25, 0.3) is 5.91 Å².